The van der Waals surface area contributed by atoms with Crippen molar-refractivity contribution in [1.82, 2.24) is 0 Å². The third kappa shape index (κ3) is 8.21. The molecule has 0 rings (SSSR count). The maximum absolute atomic E-state index is 8.80. The number of allylic oxidation sites excluding steroid dienone is 2. The van der Waals surface area contributed by atoms with Crippen molar-refractivity contribution in [3.8, 4) is 0 Å². The Labute approximate surface area is 82.3 Å². The van der Waals surface area contributed by atoms with E-state index in [4.69, 9.17) is 10.2 Å². The average molecular weight is 202 g/mol. The van der Waals surface area contributed by atoms with E-state index >= 15 is 0 Å². The van der Waals surface area contributed by atoms with E-state index < -0.39 is 8.07 Å². The molecule has 0 bridgehead atoms. The van der Waals surface area contributed by atoms with E-state index in [2.05, 4.69) is 31.8 Å². The molecule has 0 heterocycles. The van der Waals surface area contributed by atoms with Gasteiger partial charge in [0.1, 0.15) is 0 Å². The lowest BCUT2D eigenvalue weighted by Gasteiger charge is -2.12. The smallest absolute Gasteiger partial charge is 0.0484 e. The molecule has 0 aliphatic heterocycles. The van der Waals surface area contributed by atoms with Crippen LogP contribution in [0, 0.1) is 5.92 Å². The second-order valence-corrected chi connectivity index (χ2v) is 10.2. The monoisotopic (exact) mass is 202 g/mol. The van der Waals surface area contributed by atoms with Crippen molar-refractivity contribution in [1.29, 1.82) is 0 Å². The van der Waals surface area contributed by atoms with E-state index in [9.17, 15) is 0 Å². The van der Waals surface area contributed by atoms with Crippen molar-refractivity contribution in [2.24, 2.45) is 5.92 Å². The summed E-state index contributed by atoms with van der Waals surface area (Å²) < 4.78 is 0. The first-order valence-electron chi connectivity index (χ1n) is 4.86. The molecule has 3 heteroatoms. The predicted octanol–water partition coefficient (Wildman–Crippen LogP) is 1.87. The van der Waals surface area contributed by atoms with E-state index in [1.807, 2.05) is 0 Å². The molecule has 0 aromatic rings. The maximum atomic E-state index is 8.80. The Bertz CT molecular complexity index is 145. The molecule has 2 nitrogen and oxygen atoms in total. The molecule has 0 atom stereocenters. The average Bonchev–Trinajstić information content (AvgIpc) is 2.03. The van der Waals surface area contributed by atoms with Crippen molar-refractivity contribution in [3.63, 3.8) is 0 Å². The fourth-order valence-corrected chi connectivity index (χ4v) is 1.81. The van der Waals surface area contributed by atoms with Gasteiger partial charge in [-0.3, -0.25) is 0 Å². The Morgan fingerprint density at radius 1 is 1.08 bits per heavy atom. The molecular formula is C10H22O2Si. The minimum Gasteiger partial charge on any atom is -0.396 e. The maximum Gasteiger partial charge on any atom is 0.0484 e. The van der Waals surface area contributed by atoms with E-state index in [-0.39, 0.29) is 19.1 Å². The van der Waals surface area contributed by atoms with Gasteiger partial charge in [0.2, 0.25) is 0 Å². The molecule has 0 amide bonds. The largest absolute Gasteiger partial charge is 0.396 e. The molecule has 0 aliphatic carbocycles. The first kappa shape index (κ1) is 12.9. The highest BCUT2D eigenvalue weighted by molar-refractivity contribution is 6.76. The van der Waals surface area contributed by atoms with E-state index in [0.29, 0.717) is 0 Å². The summed E-state index contributed by atoms with van der Waals surface area (Å²) >= 11 is 0. The van der Waals surface area contributed by atoms with Gasteiger partial charge in [0, 0.05) is 27.2 Å². The zero-order valence-corrected chi connectivity index (χ0v) is 9.95. The van der Waals surface area contributed by atoms with Crippen molar-refractivity contribution in [2.45, 2.75) is 32.1 Å². The molecule has 0 saturated carbocycles. The quantitative estimate of drug-likeness (QED) is 0.510. The van der Waals surface area contributed by atoms with Crippen LogP contribution in [0.5, 0.6) is 0 Å². The van der Waals surface area contributed by atoms with Gasteiger partial charge in [-0.05, 0) is 12.5 Å². The summed E-state index contributed by atoms with van der Waals surface area (Å²) in [5.41, 5.74) is 0. The third-order valence-corrected chi connectivity index (χ3v) is 3.34. The number of aliphatic hydroxyl groups excluding tert-OH is 2. The zero-order valence-electron chi connectivity index (χ0n) is 8.95. The van der Waals surface area contributed by atoms with Gasteiger partial charge < -0.3 is 10.2 Å². The standard InChI is InChI=1S/C10H22O2Si/c1-13(2,3)7-5-4-6-10(8-11)9-12/h4-5,10-12H,6-9H2,1-3H3/b5-4+. The molecule has 0 fully saturated rings. The molecule has 0 unspecified atom stereocenters. The highest BCUT2D eigenvalue weighted by Crippen LogP contribution is 2.10. The van der Waals surface area contributed by atoms with Gasteiger partial charge >= 0.3 is 0 Å². The Kier molecular flexibility index (Phi) is 6.29. The predicted molar refractivity (Wildman–Crippen MR) is 59.6 cm³/mol. The molecule has 0 saturated heterocycles. The summed E-state index contributed by atoms with van der Waals surface area (Å²) in [6.45, 7) is 7.13. The minimum atomic E-state index is -0.961. The summed E-state index contributed by atoms with van der Waals surface area (Å²) in [7, 11) is -0.961. The topological polar surface area (TPSA) is 40.5 Å². The van der Waals surface area contributed by atoms with Crippen LogP contribution in [0.25, 0.3) is 0 Å². The summed E-state index contributed by atoms with van der Waals surface area (Å²) in [4.78, 5) is 0. The summed E-state index contributed by atoms with van der Waals surface area (Å²) in [6.07, 6.45) is 5.05. The molecule has 0 aromatic carbocycles. The van der Waals surface area contributed by atoms with Crippen molar-refractivity contribution in [3.05, 3.63) is 12.2 Å². The van der Waals surface area contributed by atoms with E-state index in [1.54, 1.807) is 0 Å². The third-order valence-electron chi connectivity index (χ3n) is 1.88. The van der Waals surface area contributed by atoms with Gasteiger partial charge in [-0.1, -0.05) is 31.8 Å². The Morgan fingerprint density at radius 3 is 2.00 bits per heavy atom. The number of hydrogen-bond donors (Lipinski definition) is 2. The molecule has 78 valence electrons. The van der Waals surface area contributed by atoms with Crippen LogP contribution in [0.3, 0.4) is 0 Å². The van der Waals surface area contributed by atoms with Gasteiger partial charge in [-0.15, -0.1) is 0 Å². The molecular weight excluding hydrogens is 180 g/mol. The molecule has 0 radical (unpaired) electrons. The highest BCUT2D eigenvalue weighted by atomic mass is 28.3. The van der Waals surface area contributed by atoms with Gasteiger partial charge in [0.05, 0.1) is 0 Å². The summed E-state index contributed by atoms with van der Waals surface area (Å²) in [6, 6.07) is 1.18. The Hall–Kier alpha value is -0.123. The number of aliphatic hydroxyl groups is 2. The lowest BCUT2D eigenvalue weighted by atomic mass is 10.1. The van der Waals surface area contributed by atoms with Crippen LogP contribution in [-0.2, 0) is 0 Å². The van der Waals surface area contributed by atoms with Crippen molar-refractivity contribution < 1.29 is 10.2 Å². The fraction of sp³-hybridized carbons (Fsp3) is 0.800. The molecule has 0 aliphatic rings. The molecule has 2 N–H and O–H groups in total. The summed E-state index contributed by atoms with van der Waals surface area (Å²) in [5, 5.41) is 17.6. The number of hydrogen-bond acceptors (Lipinski definition) is 2. The van der Waals surface area contributed by atoms with Gasteiger partial charge in [-0.25, -0.2) is 0 Å². The molecule has 13 heavy (non-hydrogen) atoms. The second kappa shape index (κ2) is 6.35. The first-order valence-corrected chi connectivity index (χ1v) is 8.57. The normalized spacial score (nSPS) is 13.1. The lowest BCUT2D eigenvalue weighted by Crippen LogP contribution is -2.17. The van der Waals surface area contributed by atoms with Gasteiger partial charge in [0.25, 0.3) is 0 Å². The van der Waals surface area contributed by atoms with Gasteiger partial charge in [-0.2, -0.15) is 0 Å². The second-order valence-electron chi connectivity index (χ2n) is 4.70. The van der Waals surface area contributed by atoms with Crippen LogP contribution < -0.4 is 0 Å². The van der Waals surface area contributed by atoms with E-state index in [1.165, 1.54) is 6.04 Å². The van der Waals surface area contributed by atoms with Crippen molar-refractivity contribution >= 4 is 8.07 Å². The highest BCUT2D eigenvalue weighted by Gasteiger charge is 2.09. The Morgan fingerprint density at radius 2 is 1.62 bits per heavy atom. The fourth-order valence-electron chi connectivity index (χ4n) is 0.932. The van der Waals surface area contributed by atoms with Crippen LogP contribution in [0.2, 0.25) is 25.7 Å². The summed E-state index contributed by atoms with van der Waals surface area (Å²) in [5.74, 6) is 0.0258. The minimum absolute atomic E-state index is 0.0258. The first-order chi connectivity index (χ1) is 5.99. The Balaban J connectivity index is 3.62. The SMILES string of the molecule is C[Si](C)(C)C/C=C/CC(CO)CO. The van der Waals surface area contributed by atoms with Gasteiger partial charge in [0.15, 0.2) is 0 Å². The van der Waals surface area contributed by atoms with Crippen LogP contribution in [0.15, 0.2) is 12.2 Å². The lowest BCUT2D eigenvalue weighted by molar-refractivity contribution is 0.152. The zero-order chi connectivity index (χ0) is 10.3. The van der Waals surface area contributed by atoms with Crippen LogP contribution in [0.1, 0.15) is 6.42 Å². The van der Waals surface area contributed by atoms with Crippen LogP contribution >= 0.6 is 0 Å². The van der Waals surface area contributed by atoms with Crippen molar-refractivity contribution in [2.75, 3.05) is 13.2 Å². The number of rotatable bonds is 6. The molecule has 0 spiro atoms. The van der Waals surface area contributed by atoms with Crippen LogP contribution in [0.4, 0.5) is 0 Å². The van der Waals surface area contributed by atoms with E-state index in [0.717, 1.165) is 6.42 Å². The molecule has 0 aromatic heterocycles. The van der Waals surface area contributed by atoms with Crippen LogP contribution in [-0.4, -0.2) is 31.5 Å².